The van der Waals surface area contributed by atoms with Gasteiger partial charge in [-0.1, -0.05) is 0 Å². The molecule has 0 spiro atoms. The van der Waals surface area contributed by atoms with Crippen LogP contribution in [-0.4, -0.2) is 33.4 Å². The third-order valence-corrected chi connectivity index (χ3v) is 4.22. The molecule has 0 aliphatic carbocycles. The molecule has 10 heteroatoms. The second-order valence-electron chi connectivity index (χ2n) is 6.15. The second-order valence-corrected chi connectivity index (χ2v) is 6.15. The lowest BCUT2D eigenvalue weighted by molar-refractivity contribution is -0.122. The Bertz CT molecular complexity index is 922. The maximum absolute atomic E-state index is 13.7. The molecule has 0 fully saturated rings. The van der Waals surface area contributed by atoms with Gasteiger partial charge in [0.15, 0.2) is 0 Å². The van der Waals surface area contributed by atoms with E-state index >= 15 is 0 Å². The van der Waals surface area contributed by atoms with Crippen molar-refractivity contribution in [2.75, 3.05) is 11.9 Å². The Balaban J connectivity index is 1.68. The highest BCUT2D eigenvalue weighted by molar-refractivity contribution is 5.94. The van der Waals surface area contributed by atoms with Gasteiger partial charge in [0.2, 0.25) is 5.91 Å². The number of fused-ring (bicyclic) bond motifs is 1. The Morgan fingerprint density at radius 3 is 2.74 bits per heavy atom. The fraction of sp³-hybridized carbons (Fsp3) is 0.294. The van der Waals surface area contributed by atoms with Gasteiger partial charge in [0.25, 0.3) is 0 Å². The maximum Gasteiger partial charge on any atom is 0.323 e. The number of aromatic nitrogens is 2. The van der Waals surface area contributed by atoms with Crippen LogP contribution in [0.25, 0.3) is 0 Å². The van der Waals surface area contributed by atoms with E-state index in [2.05, 4.69) is 20.6 Å². The van der Waals surface area contributed by atoms with Crippen LogP contribution in [0, 0.1) is 24.4 Å². The number of halogens is 3. The van der Waals surface area contributed by atoms with Crippen molar-refractivity contribution in [1.82, 2.24) is 20.2 Å². The van der Waals surface area contributed by atoms with Gasteiger partial charge in [-0.2, -0.15) is 0 Å². The second kappa shape index (κ2) is 7.22. The maximum atomic E-state index is 13.7. The summed E-state index contributed by atoms with van der Waals surface area (Å²) < 4.78 is 40.4. The molecule has 7 nitrogen and oxygen atoms in total. The third-order valence-electron chi connectivity index (χ3n) is 4.22. The van der Waals surface area contributed by atoms with Crippen LogP contribution in [0.2, 0.25) is 0 Å². The zero-order valence-corrected chi connectivity index (χ0v) is 14.5. The molecule has 1 aliphatic rings. The quantitative estimate of drug-likeness (QED) is 0.854. The van der Waals surface area contributed by atoms with E-state index in [1.54, 1.807) is 6.92 Å². The van der Waals surface area contributed by atoms with Gasteiger partial charge in [0, 0.05) is 11.6 Å². The van der Waals surface area contributed by atoms with Crippen molar-refractivity contribution in [3.63, 3.8) is 0 Å². The molecule has 0 saturated heterocycles. The Morgan fingerprint density at radius 1 is 1.30 bits per heavy atom. The molecule has 1 atom stereocenters. The first-order valence-corrected chi connectivity index (χ1v) is 8.06. The standard InChI is InChI=1S/C17H16F3N5O2/c1-8-11-6-25(17(27)24-16(11)22-5-13(8)20)7-14(26)23-9(2)15-12(19)3-10(18)4-21-15/h3-5,9H,6-7H2,1-2H3,(H,23,26)(H,22,24,27)/t9-/m0/s1. The molecule has 0 saturated carbocycles. The van der Waals surface area contributed by atoms with Gasteiger partial charge >= 0.3 is 6.03 Å². The molecule has 1 aliphatic heterocycles. The zero-order chi connectivity index (χ0) is 19.7. The number of nitrogens with zero attached hydrogens (tertiary/aromatic N) is 3. The van der Waals surface area contributed by atoms with E-state index in [9.17, 15) is 22.8 Å². The summed E-state index contributed by atoms with van der Waals surface area (Å²) >= 11 is 0. The number of carbonyl (C=O) groups is 2. The van der Waals surface area contributed by atoms with Crippen molar-refractivity contribution in [3.05, 3.63) is 52.7 Å². The van der Waals surface area contributed by atoms with Crippen LogP contribution in [0.15, 0.2) is 18.5 Å². The number of urea groups is 1. The predicted molar refractivity (Wildman–Crippen MR) is 89.1 cm³/mol. The first-order valence-electron chi connectivity index (χ1n) is 8.06. The van der Waals surface area contributed by atoms with Crippen molar-refractivity contribution < 1.29 is 22.8 Å². The molecule has 0 unspecified atom stereocenters. The van der Waals surface area contributed by atoms with E-state index in [0.717, 1.165) is 12.4 Å². The Morgan fingerprint density at radius 2 is 2.04 bits per heavy atom. The smallest absolute Gasteiger partial charge is 0.323 e. The molecule has 3 rings (SSSR count). The lowest BCUT2D eigenvalue weighted by Gasteiger charge is -2.29. The normalized spacial score (nSPS) is 14.4. The number of anilines is 1. The number of carbonyl (C=O) groups excluding carboxylic acids is 2. The average molecular weight is 379 g/mol. The van der Waals surface area contributed by atoms with Crippen molar-refractivity contribution >= 4 is 17.8 Å². The van der Waals surface area contributed by atoms with Crippen LogP contribution in [0.1, 0.15) is 29.8 Å². The van der Waals surface area contributed by atoms with Crippen LogP contribution >= 0.6 is 0 Å². The van der Waals surface area contributed by atoms with Crippen LogP contribution in [-0.2, 0) is 11.3 Å². The van der Waals surface area contributed by atoms with Gasteiger partial charge in [-0.3, -0.25) is 15.1 Å². The van der Waals surface area contributed by atoms with E-state index in [1.165, 1.54) is 11.8 Å². The minimum Gasteiger partial charge on any atom is -0.346 e. The Hall–Kier alpha value is -3.17. The lowest BCUT2D eigenvalue weighted by Crippen LogP contribution is -2.45. The van der Waals surface area contributed by atoms with Gasteiger partial charge < -0.3 is 10.2 Å². The van der Waals surface area contributed by atoms with Crippen molar-refractivity contribution in [1.29, 1.82) is 0 Å². The monoisotopic (exact) mass is 379 g/mol. The summed E-state index contributed by atoms with van der Waals surface area (Å²) in [4.78, 5) is 33.0. The fourth-order valence-electron chi connectivity index (χ4n) is 2.76. The van der Waals surface area contributed by atoms with Gasteiger partial charge in [-0.25, -0.2) is 22.9 Å². The highest BCUT2D eigenvalue weighted by atomic mass is 19.1. The summed E-state index contributed by atoms with van der Waals surface area (Å²) in [6.07, 6.45) is 1.86. The lowest BCUT2D eigenvalue weighted by atomic mass is 10.1. The van der Waals surface area contributed by atoms with Crippen molar-refractivity contribution in [3.8, 4) is 0 Å². The van der Waals surface area contributed by atoms with Crippen LogP contribution in [0.5, 0.6) is 0 Å². The number of hydrogen-bond acceptors (Lipinski definition) is 4. The first kappa shape index (κ1) is 18.6. The predicted octanol–water partition coefficient (Wildman–Crippen LogP) is 2.43. The minimum absolute atomic E-state index is 0.00270. The number of nitrogens with one attached hydrogen (secondary N) is 2. The SMILES string of the molecule is Cc1c(F)cnc2c1CN(CC(=O)N[C@@H](C)c1ncc(F)cc1F)C(=O)N2. The van der Waals surface area contributed by atoms with Gasteiger partial charge in [-0.15, -0.1) is 0 Å². The average Bonchev–Trinajstić information content (AvgIpc) is 2.59. The van der Waals surface area contributed by atoms with Gasteiger partial charge in [-0.05, 0) is 19.4 Å². The van der Waals surface area contributed by atoms with E-state index < -0.39 is 35.4 Å². The van der Waals surface area contributed by atoms with Gasteiger partial charge in [0.05, 0.1) is 30.7 Å². The van der Waals surface area contributed by atoms with Crippen LogP contribution in [0.4, 0.5) is 23.8 Å². The fourth-order valence-corrected chi connectivity index (χ4v) is 2.76. The third kappa shape index (κ3) is 3.83. The first-order chi connectivity index (χ1) is 12.8. The molecule has 3 heterocycles. The molecule has 0 bridgehead atoms. The van der Waals surface area contributed by atoms with Crippen molar-refractivity contribution in [2.45, 2.75) is 26.4 Å². The Kier molecular flexibility index (Phi) is 4.98. The highest BCUT2D eigenvalue weighted by Gasteiger charge is 2.28. The topological polar surface area (TPSA) is 87.2 Å². The molecule has 2 N–H and O–H groups in total. The molecule has 3 amide bonds. The molecular formula is C17H16F3N5O2. The summed E-state index contributed by atoms with van der Waals surface area (Å²) in [6.45, 7) is 2.70. The molecule has 0 radical (unpaired) electrons. The summed E-state index contributed by atoms with van der Waals surface area (Å²) in [6, 6.07) is -0.724. The Labute approximate surface area is 152 Å². The summed E-state index contributed by atoms with van der Waals surface area (Å²) in [5.41, 5.74) is 0.679. The molecular weight excluding hydrogens is 363 g/mol. The highest BCUT2D eigenvalue weighted by Crippen LogP contribution is 2.25. The zero-order valence-electron chi connectivity index (χ0n) is 14.5. The number of hydrogen-bond donors (Lipinski definition) is 2. The molecule has 2 aromatic heterocycles. The summed E-state index contributed by atoms with van der Waals surface area (Å²) in [7, 11) is 0. The van der Waals surface area contributed by atoms with E-state index in [-0.39, 0.29) is 24.6 Å². The number of rotatable bonds is 4. The molecule has 27 heavy (non-hydrogen) atoms. The van der Waals surface area contributed by atoms with Gasteiger partial charge in [0.1, 0.15) is 29.8 Å². The van der Waals surface area contributed by atoms with Crippen molar-refractivity contribution in [2.24, 2.45) is 0 Å². The molecule has 142 valence electrons. The number of amides is 3. The van der Waals surface area contributed by atoms with Crippen LogP contribution < -0.4 is 10.6 Å². The van der Waals surface area contributed by atoms with E-state index in [0.29, 0.717) is 17.2 Å². The van der Waals surface area contributed by atoms with Crippen LogP contribution in [0.3, 0.4) is 0 Å². The largest absolute Gasteiger partial charge is 0.346 e. The summed E-state index contributed by atoms with van der Waals surface area (Å²) in [5, 5.41) is 5.00. The minimum atomic E-state index is -0.885. The van der Waals surface area contributed by atoms with E-state index in [4.69, 9.17) is 0 Å². The van der Waals surface area contributed by atoms with E-state index in [1.807, 2.05) is 0 Å². The number of pyridine rings is 2. The molecule has 2 aromatic rings. The molecule has 0 aromatic carbocycles. The summed E-state index contributed by atoms with van der Waals surface area (Å²) in [5.74, 6) is -2.55.